The van der Waals surface area contributed by atoms with Crippen LogP contribution in [0.4, 0.5) is 11.8 Å². The van der Waals surface area contributed by atoms with Gasteiger partial charge >= 0.3 is 0 Å². The Morgan fingerprint density at radius 3 is 3.28 bits per heavy atom. The maximum absolute atomic E-state index is 5.72. The Morgan fingerprint density at radius 1 is 1.56 bits per heavy atom. The van der Waals surface area contributed by atoms with E-state index in [4.69, 9.17) is 10.5 Å². The lowest BCUT2D eigenvalue weighted by atomic mass is 10.1. The molecule has 0 aliphatic carbocycles. The molecule has 3 heterocycles. The number of hydrogen-bond donors (Lipinski definition) is 2. The van der Waals surface area contributed by atoms with E-state index in [0.717, 1.165) is 37.5 Å². The largest absolute Gasteiger partial charge is 0.384 e. The summed E-state index contributed by atoms with van der Waals surface area (Å²) >= 11 is 0. The molecule has 1 unspecified atom stereocenters. The molecule has 0 aromatic carbocycles. The molecule has 0 amide bonds. The number of aromatic amines is 1. The second-order valence-corrected chi connectivity index (χ2v) is 4.56. The minimum Gasteiger partial charge on any atom is -0.384 e. The number of anilines is 2. The molecular weight excluding hydrogens is 232 g/mol. The molecule has 3 N–H and O–H groups in total. The lowest BCUT2D eigenvalue weighted by molar-refractivity contribution is 0.161. The third-order valence-electron chi connectivity index (χ3n) is 3.27. The lowest BCUT2D eigenvalue weighted by Gasteiger charge is -2.17. The van der Waals surface area contributed by atoms with Gasteiger partial charge < -0.3 is 20.4 Å². The maximum Gasteiger partial charge on any atom is 0.224 e. The highest BCUT2D eigenvalue weighted by molar-refractivity contribution is 5.84. The Hall–Kier alpha value is -1.89. The van der Waals surface area contributed by atoms with Crippen LogP contribution < -0.4 is 10.6 Å². The molecule has 18 heavy (non-hydrogen) atoms. The van der Waals surface area contributed by atoms with Gasteiger partial charge in [-0.15, -0.1) is 0 Å². The molecule has 0 spiro atoms. The smallest absolute Gasteiger partial charge is 0.224 e. The Labute approximate surface area is 104 Å². The van der Waals surface area contributed by atoms with E-state index in [9.17, 15) is 0 Å². The topological polar surface area (TPSA) is 92.9 Å². The van der Waals surface area contributed by atoms with Gasteiger partial charge in [-0.2, -0.15) is 9.97 Å². The Kier molecular flexibility index (Phi) is 2.75. The van der Waals surface area contributed by atoms with E-state index in [1.165, 1.54) is 0 Å². The molecule has 7 heteroatoms. The zero-order chi connectivity index (χ0) is 12.5. The lowest BCUT2D eigenvalue weighted by Crippen LogP contribution is -2.23. The minimum absolute atomic E-state index is 0.264. The molecule has 2 aromatic heterocycles. The first-order valence-corrected chi connectivity index (χ1v) is 5.98. The molecule has 0 saturated carbocycles. The predicted octanol–water partition coefficient (Wildman–Crippen LogP) is 0.408. The van der Waals surface area contributed by atoms with Crippen molar-refractivity contribution in [2.24, 2.45) is 5.92 Å². The van der Waals surface area contributed by atoms with Crippen molar-refractivity contribution in [1.82, 2.24) is 19.9 Å². The van der Waals surface area contributed by atoms with Gasteiger partial charge in [-0.25, -0.2) is 4.98 Å². The zero-order valence-corrected chi connectivity index (χ0v) is 10.3. The third kappa shape index (κ3) is 1.86. The summed E-state index contributed by atoms with van der Waals surface area (Å²) in [5.74, 6) is 1.65. The van der Waals surface area contributed by atoms with Crippen molar-refractivity contribution < 1.29 is 4.74 Å². The Bertz CT molecular complexity index is 553. The van der Waals surface area contributed by atoms with Crippen molar-refractivity contribution in [2.75, 3.05) is 37.4 Å². The quantitative estimate of drug-likeness (QED) is 0.817. The number of ether oxygens (including phenoxy) is 1. The number of aromatic nitrogens is 4. The van der Waals surface area contributed by atoms with E-state index in [1.807, 2.05) is 0 Å². The molecule has 3 rings (SSSR count). The van der Waals surface area contributed by atoms with Crippen LogP contribution in [-0.4, -0.2) is 46.7 Å². The van der Waals surface area contributed by atoms with E-state index in [2.05, 4.69) is 24.8 Å². The number of nitrogens with two attached hydrogens (primary N) is 1. The number of methoxy groups -OCH3 is 1. The molecule has 96 valence electrons. The van der Waals surface area contributed by atoms with Crippen molar-refractivity contribution in [3.63, 3.8) is 0 Å². The summed E-state index contributed by atoms with van der Waals surface area (Å²) in [6, 6.07) is 0. The van der Waals surface area contributed by atoms with Crippen molar-refractivity contribution in [3.05, 3.63) is 6.33 Å². The van der Waals surface area contributed by atoms with Gasteiger partial charge in [-0.1, -0.05) is 0 Å². The average Bonchev–Trinajstić information content (AvgIpc) is 2.96. The zero-order valence-electron chi connectivity index (χ0n) is 10.3. The second-order valence-electron chi connectivity index (χ2n) is 4.56. The fourth-order valence-corrected chi connectivity index (χ4v) is 2.46. The fourth-order valence-electron chi connectivity index (χ4n) is 2.46. The first-order chi connectivity index (χ1) is 8.78. The van der Waals surface area contributed by atoms with Crippen LogP contribution in [0.3, 0.4) is 0 Å². The first kappa shape index (κ1) is 11.2. The van der Waals surface area contributed by atoms with Gasteiger partial charge in [0.1, 0.15) is 5.52 Å². The van der Waals surface area contributed by atoms with Gasteiger partial charge in [-0.05, 0) is 6.42 Å². The second kappa shape index (κ2) is 4.41. The molecule has 1 aliphatic heterocycles. The van der Waals surface area contributed by atoms with Gasteiger partial charge in [0.25, 0.3) is 0 Å². The third-order valence-corrected chi connectivity index (χ3v) is 3.27. The summed E-state index contributed by atoms with van der Waals surface area (Å²) in [7, 11) is 1.73. The number of nitrogen functional groups attached to an aromatic ring is 1. The summed E-state index contributed by atoms with van der Waals surface area (Å²) in [6.07, 6.45) is 2.72. The van der Waals surface area contributed by atoms with Gasteiger partial charge in [0.05, 0.1) is 12.9 Å². The normalized spacial score (nSPS) is 19.8. The summed E-state index contributed by atoms with van der Waals surface area (Å²) < 4.78 is 5.20. The van der Waals surface area contributed by atoms with Gasteiger partial charge in [0.2, 0.25) is 5.95 Å². The van der Waals surface area contributed by atoms with Crippen LogP contribution in [0.25, 0.3) is 11.2 Å². The SMILES string of the molecule is COCC1CCN(c2nc(N)nc3nc[nH]c23)C1. The number of fused-ring (bicyclic) bond motifs is 1. The van der Waals surface area contributed by atoms with Crippen LogP contribution in [0, 0.1) is 5.92 Å². The van der Waals surface area contributed by atoms with E-state index >= 15 is 0 Å². The molecule has 1 fully saturated rings. The molecule has 0 radical (unpaired) electrons. The van der Waals surface area contributed by atoms with Crippen LogP contribution in [-0.2, 0) is 4.74 Å². The summed E-state index contributed by atoms with van der Waals surface area (Å²) in [5.41, 5.74) is 7.18. The van der Waals surface area contributed by atoms with E-state index in [1.54, 1.807) is 13.4 Å². The number of hydrogen-bond acceptors (Lipinski definition) is 6. The van der Waals surface area contributed by atoms with Crippen molar-refractivity contribution in [2.45, 2.75) is 6.42 Å². The fraction of sp³-hybridized carbons (Fsp3) is 0.545. The number of imidazole rings is 1. The standard InChI is InChI=1S/C11H16N6O/c1-18-5-7-2-3-17(4-7)10-8-9(14-6-13-8)15-11(12)16-10/h6-7H,2-5H2,1H3,(H3,12,13,14,15,16). The molecule has 1 saturated heterocycles. The van der Waals surface area contributed by atoms with Crippen LogP contribution in [0.2, 0.25) is 0 Å². The predicted molar refractivity (Wildman–Crippen MR) is 68.3 cm³/mol. The van der Waals surface area contributed by atoms with E-state index in [0.29, 0.717) is 11.6 Å². The van der Waals surface area contributed by atoms with E-state index < -0.39 is 0 Å². The highest BCUT2D eigenvalue weighted by Gasteiger charge is 2.25. The van der Waals surface area contributed by atoms with Crippen LogP contribution in [0.5, 0.6) is 0 Å². The maximum atomic E-state index is 5.72. The van der Waals surface area contributed by atoms with Crippen molar-refractivity contribution >= 4 is 22.9 Å². The summed E-state index contributed by atoms with van der Waals surface area (Å²) in [5, 5.41) is 0. The van der Waals surface area contributed by atoms with Crippen LogP contribution >= 0.6 is 0 Å². The molecule has 1 atom stereocenters. The average molecular weight is 248 g/mol. The Morgan fingerprint density at radius 2 is 2.44 bits per heavy atom. The minimum atomic E-state index is 0.264. The van der Waals surface area contributed by atoms with Gasteiger partial charge in [-0.3, -0.25) is 0 Å². The summed E-state index contributed by atoms with van der Waals surface area (Å²) in [6.45, 7) is 2.67. The highest BCUT2D eigenvalue weighted by atomic mass is 16.5. The van der Waals surface area contributed by atoms with Gasteiger partial charge in [0.15, 0.2) is 11.5 Å². The first-order valence-electron chi connectivity index (χ1n) is 5.98. The number of rotatable bonds is 3. The number of nitrogens with one attached hydrogen (secondary N) is 1. The molecular formula is C11H16N6O. The van der Waals surface area contributed by atoms with Crippen molar-refractivity contribution in [1.29, 1.82) is 0 Å². The highest BCUT2D eigenvalue weighted by Crippen LogP contribution is 2.27. The van der Waals surface area contributed by atoms with Crippen molar-refractivity contribution in [3.8, 4) is 0 Å². The van der Waals surface area contributed by atoms with Gasteiger partial charge in [0, 0.05) is 26.1 Å². The molecule has 0 bridgehead atoms. The van der Waals surface area contributed by atoms with E-state index in [-0.39, 0.29) is 5.95 Å². The number of H-pyrrole nitrogens is 1. The van der Waals surface area contributed by atoms with Crippen LogP contribution in [0.1, 0.15) is 6.42 Å². The monoisotopic (exact) mass is 248 g/mol. The molecule has 2 aromatic rings. The Balaban J connectivity index is 1.92. The number of nitrogens with zero attached hydrogens (tertiary/aromatic N) is 4. The summed E-state index contributed by atoms with van der Waals surface area (Å²) in [4.78, 5) is 17.8. The van der Waals surface area contributed by atoms with Crippen LogP contribution in [0.15, 0.2) is 6.33 Å². The molecule has 1 aliphatic rings. The molecule has 7 nitrogen and oxygen atoms in total.